The third kappa shape index (κ3) is 5.29. The van der Waals surface area contributed by atoms with Gasteiger partial charge in [0.15, 0.2) is 0 Å². The summed E-state index contributed by atoms with van der Waals surface area (Å²) in [7, 11) is 0. The van der Waals surface area contributed by atoms with Gasteiger partial charge in [0.05, 0.1) is 26.4 Å². The first-order chi connectivity index (χ1) is 11.1. The number of aromatic nitrogens is 1. The molecule has 3 aromatic rings. The molecule has 1 atom stereocenters. The molecule has 0 fully saturated rings. The van der Waals surface area contributed by atoms with E-state index < -0.39 is 6.04 Å². The van der Waals surface area contributed by atoms with E-state index in [-0.39, 0.29) is 24.8 Å². The van der Waals surface area contributed by atoms with E-state index in [1.807, 2.05) is 17.5 Å². The first-order valence-corrected chi connectivity index (χ1v) is 9.69. The fourth-order valence-corrected chi connectivity index (χ4v) is 5.03. The van der Waals surface area contributed by atoms with Crippen LogP contribution < -0.4 is 11.1 Å². The number of halogens is 4. The zero-order chi connectivity index (χ0) is 16.4. The van der Waals surface area contributed by atoms with Crippen LogP contribution in [0.25, 0.3) is 10.2 Å². The summed E-state index contributed by atoms with van der Waals surface area (Å²) < 4.78 is 1.86. The number of pyridine rings is 1. The molecule has 3 rings (SSSR count). The number of rotatable bonds is 6. The maximum absolute atomic E-state index is 10.8. The van der Waals surface area contributed by atoms with Gasteiger partial charge in [0.25, 0.3) is 0 Å². The smallest absolute Gasteiger partial charge is 0.137 e. The van der Waals surface area contributed by atoms with Crippen molar-refractivity contribution >= 4 is 97.2 Å². The maximum atomic E-state index is 10.8. The molecule has 0 unspecified atom stereocenters. The molecule has 10 heteroatoms. The second-order valence-corrected chi connectivity index (χ2v) is 8.26. The molecule has 136 valence electrons. The van der Waals surface area contributed by atoms with Crippen LogP contribution in [-0.4, -0.2) is 17.3 Å². The molecule has 0 radical (unpaired) electrons. The average Bonchev–Trinajstić information content (AvgIpc) is 3.15. The number of hydrogen-bond donors (Lipinski definition) is 2. The SMILES string of the molecule is Cl.Cl.N[C@H](C=O)Cc1sc2c(NCc3cccs3)cc(Cl)nc2c1Br. The van der Waals surface area contributed by atoms with Crippen LogP contribution in [0.1, 0.15) is 9.75 Å². The van der Waals surface area contributed by atoms with Crippen molar-refractivity contribution in [1.82, 2.24) is 4.98 Å². The lowest BCUT2D eigenvalue weighted by molar-refractivity contribution is -0.108. The summed E-state index contributed by atoms with van der Waals surface area (Å²) >= 11 is 13.0. The quantitative estimate of drug-likeness (QED) is 0.354. The summed E-state index contributed by atoms with van der Waals surface area (Å²) in [6.07, 6.45) is 1.24. The second-order valence-electron chi connectivity index (χ2n) is 4.95. The van der Waals surface area contributed by atoms with E-state index in [1.54, 1.807) is 22.7 Å². The van der Waals surface area contributed by atoms with Crippen molar-refractivity contribution in [2.24, 2.45) is 5.73 Å². The van der Waals surface area contributed by atoms with Gasteiger partial charge in [0, 0.05) is 28.8 Å². The highest BCUT2D eigenvalue weighted by atomic mass is 79.9. The van der Waals surface area contributed by atoms with Crippen LogP contribution in [0.3, 0.4) is 0 Å². The van der Waals surface area contributed by atoms with E-state index in [0.29, 0.717) is 11.6 Å². The molecule has 0 aromatic carbocycles. The molecule has 0 aliphatic heterocycles. The Bertz CT molecular complexity index is 842. The monoisotopic (exact) mass is 501 g/mol. The Morgan fingerprint density at radius 2 is 2.20 bits per heavy atom. The normalized spacial score (nSPS) is 11.5. The van der Waals surface area contributed by atoms with Crippen LogP contribution >= 0.6 is 75.0 Å². The van der Waals surface area contributed by atoms with Crippen LogP contribution in [0.5, 0.6) is 0 Å². The van der Waals surface area contributed by atoms with Crippen LogP contribution in [0.4, 0.5) is 5.69 Å². The molecule has 0 aliphatic carbocycles. The van der Waals surface area contributed by atoms with Gasteiger partial charge in [-0.15, -0.1) is 47.5 Å². The molecule has 3 aromatic heterocycles. The average molecular weight is 504 g/mol. The zero-order valence-electron chi connectivity index (χ0n) is 12.7. The van der Waals surface area contributed by atoms with E-state index in [9.17, 15) is 4.79 Å². The van der Waals surface area contributed by atoms with Crippen molar-refractivity contribution < 1.29 is 4.79 Å². The zero-order valence-corrected chi connectivity index (χ0v) is 18.3. The van der Waals surface area contributed by atoms with Gasteiger partial charge in [-0.2, -0.15) is 0 Å². The molecule has 25 heavy (non-hydrogen) atoms. The van der Waals surface area contributed by atoms with Gasteiger partial charge < -0.3 is 15.8 Å². The van der Waals surface area contributed by atoms with E-state index in [2.05, 4.69) is 32.3 Å². The minimum Gasteiger partial charge on any atom is -0.379 e. The van der Waals surface area contributed by atoms with Crippen molar-refractivity contribution in [2.75, 3.05) is 5.32 Å². The highest BCUT2D eigenvalue weighted by molar-refractivity contribution is 9.10. The van der Waals surface area contributed by atoms with Crippen LogP contribution in [0, 0.1) is 0 Å². The molecule has 0 amide bonds. The highest BCUT2D eigenvalue weighted by Gasteiger charge is 2.17. The molecule has 0 saturated carbocycles. The minimum absolute atomic E-state index is 0. The third-order valence-electron chi connectivity index (χ3n) is 3.25. The molecule has 0 aliphatic rings. The summed E-state index contributed by atoms with van der Waals surface area (Å²) in [5.74, 6) is 0. The standard InChI is InChI=1S/C15H13BrClN3OS2.2ClH/c16-13-11(4-8(18)7-21)23-15-10(5-12(17)20-14(13)15)19-6-9-2-1-3-22-9;;/h1-3,5,7-8H,4,6,18H2,(H,19,20);2*1H/t8-;;/m0../s1. The first-order valence-electron chi connectivity index (χ1n) is 6.83. The van der Waals surface area contributed by atoms with Gasteiger partial charge in [-0.1, -0.05) is 17.7 Å². The highest BCUT2D eigenvalue weighted by Crippen LogP contribution is 2.40. The van der Waals surface area contributed by atoms with E-state index in [4.69, 9.17) is 17.3 Å². The maximum Gasteiger partial charge on any atom is 0.137 e. The Balaban J connectivity index is 0.00000156. The summed E-state index contributed by atoms with van der Waals surface area (Å²) in [6.45, 7) is 0.728. The Labute approximate surface area is 179 Å². The lowest BCUT2D eigenvalue weighted by Crippen LogP contribution is -2.23. The number of thiophene rings is 2. The summed E-state index contributed by atoms with van der Waals surface area (Å²) in [5.41, 5.74) is 7.47. The lowest BCUT2D eigenvalue weighted by atomic mass is 10.2. The predicted octanol–water partition coefficient (Wildman–Crippen LogP) is 5.30. The molecule has 4 nitrogen and oxygen atoms in total. The predicted molar refractivity (Wildman–Crippen MR) is 116 cm³/mol. The number of nitrogens with zero attached hydrogens (tertiary/aromatic N) is 1. The molecule has 3 N–H and O–H groups in total. The van der Waals surface area contributed by atoms with Crippen LogP contribution in [0.15, 0.2) is 28.1 Å². The van der Waals surface area contributed by atoms with Crippen molar-refractivity contribution in [1.29, 1.82) is 0 Å². The van der Waals surface area contributed by atoms with E-state index in [1.165, 1.54) is 4.88 Å². The molecular formula is C15H15BrCl3N3OS2. The van der Waals surface area contributed by atoms with Crippen molar-refractivity contribution in [3.05, 3.63) is 43.0 Å². The molecule has 0 saturated heterocycles. The van der Waals surface area contributed by atoms with Gasteiger partial charge in [-0.25, -0.2) is 4.98 Å². The van der Waals surface area contributed by atoms with Crippen LogP contribution in [0.2, 0.25) is 5.15 Å². The fraction of sp³-hybridized carbons (Fsp3) is 0.200. The number of nitrogens with one attached hydrogen (secondary N) is 1. The summed E-state index contributed by atoms with van der Waals surface area (Å²) in [6, 6.07) is 5.41. The molecule has 3 heterocycles. The van der Waals surface area contributed by atoms with Crippen molar-refractivity contribution in [2.45, 2.75) is 19.0 Å². The number of carbonyl (C=O) groups is 1. The largest absolute Gasteiger partial charge is 0.379 e. The minimum atomic E-state index is -0.516. The van der Waals surface area contributed by atoms with Crippen molar-refractivity contribution in [3.63, 3.8) is 0 Å². The number of nitrogens with two attached hydrogens (primary N) is 1. The third-order valence-corrected chi connectivity index (χ3v) is 6.67. The molecule has 0 spiro atoms. The molecular weight excluding hydrogens is 489 g/mol. The lowest BCUT2D eigenvalue weighted by Gasteiger charge is -2.06. The second kappa shape index (κ2) is 10.1. The Morgan fingerprint density at radius 1 is 1.44 bits per heavy atom. The molecule has 0 bridgehead atoms. The van der Waals surface area contributed by atoms with Gasteiger partial charge in [0.2, 0.25) is 0 Å². The van der Waals surface area contributed by atoms with Crippen molar-refractivity contribution in [3.8, 4) is 0 Å². The Morgan fingerprint density at radius 3 is 2.84 bits per heavy atom. The number of hydrogen-bond acceptors (Lipinski definition) is 6. The van der Waals surface area contributed by atoms with Gasteiger partial charge in [-0.05, 0) is 27.4 Å². The Kier molecular flexibility index (Phi) is 9.11. The first kappa shape index (κ1) is 22.6. The van der Waals surface area contributed by atoms with Gasteiger partial charge in [-0.3, -0.25) is 0 Å². The van der Waals surface area contributed by atoms with Gasteiger partial charge >= 0.3 is 0 Å². The van der Waals surface area contributed by atoms with Gasteiger partial charge in [0.1, 0.15) is 11.4 Å². The summed E-state index contributed by atoms with van der Waals surface area (Å²) in [5, 5.41) is 5.89. The topological polar surface area (TPSA) is 68.0 Å². The number of anilines is 1. The summed E-state index contributed by atoms with van der Waals surface area (Å²) in [4.78, 5) is 17.4. The fourth-order valence-electron chi connectivity index (χ4n) is 2.17. The van der Waals surface area contributed by atoms with E-state index in [0.717, 1.165) is 38.1 Å². The Hall–Kier alpha value is -0.410. The number of carbonyl (C=O) groups excluding carboxylic acids is 1. The van der Waals surface area contributed by atoms with E-state index >= 15 is 0 Å². The number of fused-ring (bicyclic) bond motifs is 1. The van der Waals surface area contributed by atoms with Crippen LogP contribution in [-0.2, 0) is 17.8 Å². The number of aldehydes is 1.